The van der Waals surface area contributed by atoms with Crippen molar-refractivity contribution in [3.8, 4) is 0 Å². The van der Waals surface area contributed by atoms with E-state index >= 15 is 0 Å². The molecular weight excluding hydrogens is 279 g/mol. The zero-order valence-electron chi connectivity index (χ0n) is 9.28. The molecule has 6 nitrogen and oxygen atoms in total. The third-order valence-electron chi connectivity index (χ3n) is 2.07. The summed E-state index contributed by atoms with van der Waals surface area (Å²) >= 11 is 11.4. The molecule has 2 aromatic heterocycles. The zero-order chi connectivity index (χ0) is 13.1. The van der Waals surface area contributed by atoms with Crippen LogP contribution in [-0.2, 0) is 6.54 Å². The number of hydrogen-bond acceptors (Lipinski definition) is 5. The number of aromatic nitrogens is 3. The summed E-state index contributed by atoms with van der Waals surface area (Å²) in [4.78, 5) is 11.8. The minimum Gasteiger partial charge on any atom is -0.361 e. The van der Waals surface area contributed by atoms with E-state index in [0.29, 0.717) is 11.5 Å². The highest BCUT2D eigenvalue weighted by atomic mass is 35.5. The predicted octanol–water partition coefficient (Wildman–Crippen LogP) is 2.01. The molecule has 0 radical (unpaired) electrons. The number of halogens is 2. The van der Waals surface area contributed by atoms with Gasteiger partial charge in [-0.15, -0.1) is 10.2 Å². The first-order chi connectivity index (χ1) is 8.56. The Kier molecular flexibility index (Phi) is 3.78. The molecule has 18 heavy (non-hydrogen) atoms. The summed E-state index contributed by atoms with van der Waals surface area (Å²) in [5, 5.41) is 13.5. The highest BCUT2D eigenvalue weighted by Crippen LogP contribution is 2.15. The summed E-state index contributed by atoms with van der Waals surface area (Å²) in [5.41, 5.74) is 0.780. The van der Waals surface area contributed by atoms with E-state index in [4.69, 9.17) is 27.7 Å². The van der Waals surface area contributed by atoms with E-state index in [1.54, 1.807) is 13.0 Å². The van der Waals surface area contributed by atoms with Gasteiger partial charge in [0.15, 0.2) is 10.3 Å². The lowest BCUT2D eigenvalue weighted by Gasteiger charge is -2.03. The summed E-state index contributed by atoms with van der Waals surface area (Å²) in [7, 11) is 0. The van der Waals surface area contributed by atoms with Crippen molar-refractivity contribution in [2.45, 2.75) is 13.5 Å². The molecule has 0 aliphatic rings. The number of nitrogens with zero attached hydrogens (tertiary/aromatic N) is 3. The Labute approximate surface area is 112 Å². The monoisotopic (exact) mass is 286 g/mol. The molecule has 0 aliphatic heterocycles. The van der Waals surface area contributed by atoms with E-state index in [0.717, 1.165) is 0 Å². The van der Waals surface area contributed by atoms with Crippen LogP contribution in [0.4, 0.5) is 0 Å². The highest BCUT2D eigenvalue weighted by Gasteiger charge is 2.13. The Morgan fingerprint density at radius 2 is 2.17 bits per heavy atom. The summed E-state index contributed by atoms with van der Waals surface area (Å²) in [6, 6.07) is 3.07. The third-order valence-corrected chi connectivity index (χ3v) is 2.53. The number of rotatable bonds is 3. The van der Waals surface area contributed by atoms with Crippen molar-refractivity contribution in [1.29, 1.82) is 0 Å². The number of hydrogen-bond donors (Lipinski definition) is 1. The van der Waals surface area contributed by atoms with Crippen LogP contribution in [0.2, 0.25) is 10.3 Å². The maximum absolute atomic E-state index is 11.8. The fraction of sp³-hybridized carbons (Fsp3) is 0.200. The van der Waals surface area contributed by atoms with Gasteiger partial charge in [0.05, 0.1) is 12.1 Å². The van der Waals surface area contributed by atoms with Crippen molar-refractivity contribution in [3.63, 3.8) is 0 Å². The molecule has 2 aromatic rings. The topological polar surface area (TPSA) is 80.9 Å². The van der Waals surface area contributed by atoms with Gasteiger partial charge in [0.2, 0.25) is 0 Å². The Balaban J connectivity index is 2.05. The van der Waals surface area contributed by atoms with E-state index < -0.39 is 5.91 Å². The number of nitrogens with one attached hydrogen (secondary N) is 1. The van der Waals surface area contributed by atoms with Crippen LogP contribution in [0.3, 0.4) is 0 Å². The summed E-state index contributed by atoms with van der Waals surface area (Å²) in [6.07, 6.45) is 0. The van der Waals surface area contributed by atoms with E-state index in [1.165, 1.54) is 6.07 Å². The first kappa shape index (κ1) is 12.8. The van der Waals surface area contributed by atoms with Gasteiger partial charge in [-0.05, 0) is 13.0 Å². The van der Waals surface area contributed by atoms with Crippen LogP contribution in [0.15, 0.2) is 16.7 Å². The molecular formula is C10H8Cl2N4O2. The van der Waals surface area contributed by atoms with Crippen LogP contribution >= 0.6 is 23.2 Å². The van der Waals surface area contributed by atoms with Crippen molar-refractivity contribution in [2.75, 3.05) is 0 Å². The van der Waals surface area contributed by atoms with E-state index in [-0.39, 0.29) is 22.4 Å². The zero-order valence-corrected chi connectivity index (χ0v) is 10.8. The van der Waals surface area contributed by atoms with Gasteiger partial charge in [-0.3, -0.25) is 4.79 Å². The molecule has 0 fully saturated rings. The van der Waals surface area contributed by atoms with Gasteiger partial charge in [-0.1, -0.05) is 28.4 Å². The molecule has 0 atom stereocenters. The normalized spacial score (nSPS) is 10.4. The van der Waals surface area contributed by atoms with Gasteiger partial charge in [-0.25, -0.2) is 0 Å². The Morgan fingerprint density at radius 1 is 1.39 bits per heavy atom. The van der Waals surface area contributed by atoms with Crippen molar-refractivity contribution in [3.05, 3.63) is 39.5 Å². The van der Waals surface area contributed by atoms with E-state index in [2.05, 4.69) is 20.7 Å². The lowest BCUT2D eigenvalue weighted by atomic mass is 10.3. The second-order valence-corrected chi connectivity index (χ2v) is 4.23. The lowest BCUT2D eigenvalue weighted by Crippen LogP contribution is -2.23. The smallest absolute Gasteiger partial charge is 0.254 e. The number of carbonyl (C=O) groups is 1. The molecule has 1 N–H and O–H groups in total. The fourth-order valence-corrected chi connectivity index (χ4v) is 1.60. The van der Waals surface area contributed by atoms with Crippen LogP contribution in [0.5, 0.6) is 0 Å². The number of amides is 1. The van der Waals surface area contributed by atoms with Crippen LogP contribution in [0.25, 0.3) is 0 Å². The molecule has 2 heterocycles. The standard InChI is InChI=1S/C10H8Cl2N4O2/c1-5-2-6(16-18-5)4-13-10(17)7-3-8(11)14-15-9(7)12/h2-3H,4H2,1H3,(H,13,17). The molecule has 0 spiro atoms. The second-order valence-electron chi connectivity index (χ2n) is 3.48. The Bertz CT molecular complexity index is 585. The molecule has 8 heteroatoms. The summed E-state index contributed by atoms with van der Waals surface area (Å²) < 4.78 is 4.87. The first-order valence-electron chi connectivity index (χ1n) is 4.95. The number of aryl methyl sites for hydroxylation is 1. The maximum Gasteiger partial charge on any atom is 0.254 e. The van der Waals surface area contributed by atoms with Gasteiger partial charge in [0.25, 0.3) is 5.91 Å². The highest BCUT2D eigenvalue weighted by molar-refractivity contribution is 6.34. The quantitative estimate of drug-likeness (QED) is 0.933. The van der Waals surface area contributed by atoms with Crippen molar-refractivity contribution < 1.29 is 9.32 Å². The maximum atomic E-state index is 11.8. The molecule has 0 aliphatic carbocycles. The molecule has 94 valence electrons. The van der Waals surface area contributed by atoms with Crippen LogP contribution in [-0.4, -0.2) is 21.3 Å². The molecule has 0 bridgehead atoms. The van der Waals surface area contributed by atoms with Gasteiger partial charge < -0.3 is 9.84 Å². The molecule has 1 amide bonds. The second kappa shape index (κ2) is 5.32. The molecule has 0 saturated carbocycles. The molecule has 2 rings (SSSR count). The first-order valence-corrected chi connectivity index (χ1v) is 5.71. The minimum absolute atomic E-state index is 0.00627. The molecule has 0 aromatic carbocycles. The van der Waals surface area contributed by atoms with Gasteiger partial charge in [-0.2, -0.15) is 0 Å². The minimum atomic E-state index is -0.405. The molecule has 0 saturated heterocycles. The Hall–Kier alpha value is -1.66. The SMILES string of the molecule is Cc1cc(CNC(=O)c2cc(Cl)nnc2Cl)no1. The fourth-order valence-electron chi connectivity index (χ4n) is 1.28. The van der Waals surface area contributed by atoms with Crippen LogP contribution < -0.4 is 5.32 Å². The van der Waals surface area contributed by atoms with Crippen molar-refractivity contribution in [2.24, 2.45) is 0 Å². The van der Waals surface area contributed by atoms with Gasteiger partial charge >= 0.3 is 0 Å². The van der Waals surface area contributed by atoms with Crippen molar-refractivity contribution in [1.82, 2.24) is 20.7 Å². The van der Waals surface area contributed by atoms with Crippen LogP contribution in [0, 0.1) is 6.92 Å². The molecule has 0 unspecified atom stereocenters. The lowest BCUT2D eigenvalue weighted by molar-refractivity contribution is 0.0949. The average Bonchev–Trinajstić information content (AvgIpc) is 2.75. The van der Waals surface area contributed by atoms with E-state index in [9.17, 15) is 4.79 Å². The third kappa shape index (κ3) is 2.96. The summed E-state index contributed by atoms with van der Waals surface area (Å²) in [5.74, 6) is 0.267. The predicted molar refractivity (Wildman–Crippen MR) is 64.5 cm³/mol. The van der Waals surface area contributed by atoms with E-state index in [1.807, 2.05) is 0 Å². The van der Waals surface area contributed by atoms with Crippen LogP contribution in [0.1, 0.15) is 21.8 Å². The van der Waals surface area contributed by atoms with Gasteiger partial charge in [0.1, 0.15) is 11.5 Å². The average molecular weight is 287 g/mol. The van der Waals surface area contributed by atoms with Crippen molar-refractivity contribution >= 4 is 29.1 Å². The largest absolute Gasteiger partial charge is 0.361 e. The Morgan fingerprint density at radius 3 is 2.83 bits per heavy atom. The summed E-state index contributed by atoms with van der Waals surface area (Å²) in [6.45, 7) is 1.99. The number of carbonyl (C=O) groups excluding carboxylic acids is 1. The van der Waals surface area contributed by atoms with Gasteiger partial charge in [0, 0.05) is 6.07 Å².